The Morgan fingerprint density at radius 3 is 2.20 bits per heavy atom. The molecular weight excluding hydrogens is 280 g/mol. The maximum Gasteiger partial charge on any atom is 0.237 e. The Hall–Kier alpha value is -1.83. The van der Waals surface area contributed by atoms with Crippen LogP contribution in [0.25, 0.3) is 0 Å². The van der Waals surface area contributed by atoms with Crippen molar-refractivity contribution in [1.29, 1.82) is 0 Å². The number of likely N-dealkylation sites (N-methyl/N-ethyl adjacent to an activating group) is 1. The molecule has 1 rings (SSSR count). The van der Waals surface area contributed by atoms with E-state index in [1.165, 1.54) is 14.0 Å². The lowest BCUT2D eigenvalue weighted by molar-refractivity contribution is -0.124. The summed E-state index contributed by atoms with van der Waals surface area (Å²) in [6.07, 6.45) is -0.0458. The molecule has 1 aromatic rings. The molecule has 0 radical (unpaired) electrons. The van der Waals surface area contributed by atoms with Crippen LogP contribution in [0.15, 0.2) is 6.07 Å². The molecule has 0 aliphatic carbocycles. The second-order valence-electron chi connectivity index (χ2n) is 4.34. The SMILES string of the molecule is CNC(C)(CCOc1c(F)c(F)cc(F)c1F)C(N)=O. The van der Waals surface area contributed by atoms with Crippen molar-refractivity contribution in [3.05, 3.63) is 29.3 Å². The molecule has 1 atom stereocenters. The van der Waals surface area contributed by atoms with Crippen LogP contribution in [0.3, 0.4) is 0 Å². The second kappa shape index (κ2) is 6.08. The number of carbonyl (C=O) groups is 1. The summed E-state index contributed by atoms with van der Waals surface area (Å²) in [4.78, 5) is 11.2. The molecule has 20 heavy (non-hydrogen) atoms. The number of ether oxygens (including phenoxy) is 1. The van der Waals surface area contributed by atoms with Crippen LogP contribution in [0.1, 0.15) is 13.3 Å². The lowest BCUT2D eigenvalue weighted by atomic mass is 9.98. The predicted molar refractivity (Wildman–Crippen MR) is 63.0 cm³/mol. The molecular formula is C12H14F4N2O2. The van der Waals surface area contributed by atoms with Crippen molar-refractivity contribution in [2.24, 2.45) is 5.73 Å². The van der Waals surface area contributed by atoms with Gasteiger partial charge in [0.2, 0.25) is 17.5 Å². The monoisotopic (exact) mass is 294 g/mol. The van der Waals surface area contributed by atoms with Gasteiger partial charge >= 0.3 is 0 Å². The fraction of sp³-hybridized carbons (Fsp3) is 0.417. The first-order chi connectivity index (χ1) is 9.23. The van der Waals surface area contributed by atoms with E-state index in [2.05, 4.69) is 5.32 Å². The predicted octanol–water partition coefficient (Wildman–Crippen LogP) is 1.48. The molecule has 4 nitrogen and oxygen atoms in total. The largest absolute Gasteiger partial charge is 0.487 e. The van der Waals surface area contributed by atoms with Crippen LogP contribution in [-0.4, -0.2) is 25.1 Å². The maximum absolute atomic E-state index is 13.3. The van der Waals surface area contributed by atoms with Crippen LogP contribution in [0.2, 0.25) is 0 Å². The lowest BCUT2D eigenvalue weighted by Gasteiger charge is -2.25. The first-order valence-corrected chi connectivity index (χ1v) is 5.67. The third-order valence-corrected chi connectivity index (χ3v) is 3.02. The van der Waals surface area contributed by atoms with Crippen LogP contribution in [-0.2, 0) is 4.79 Å². The zero-order valence-electron chi connectivity index (χ0n) is 10.9. The van der Waals surface area contributed by atoms with E-state index in [1.807, 2.05) is 0 Å². The average molecular weight is 294 g/mol. The highest BCUT2D eigenvalue weighted by Crippen LogP contribution is 2.26. The van der Waals surface area contributed by atoms with Crippen molar-refractivity contribution in [3.63, 3.8) is 0 Å². The summed E-state index contributed by atoms with van der Waals surface area (Å²) in [7, 11) is 1.47. The van der Waals surface area contributed by atoms with Gasteiger partial charge in [0.1, 0.15) is 0 Å². The van der Waals surface area contributed by atoms with Gasteiger partial charge in [-0.15, -0.1) is 0 Å². The van der Waals surface area contributed by atoms with E-state index in [-0.39, 0.29) is 19.1 Å². The Morgan fingerprint density at radius 1 is 1.30 bits per heavy atom. The van der Waals surface area contributed by atoms with Crippen molar-refractivity contribution in [3.8, 4) is 5.75 Å². The number of primary amides is 1. The summed E-state index contributed by atoms with van der Waals surface area (Å²) in [6, 6.07) is 0.0820. The van der Waals surface area contributed by atoms with E-state index < -0.39 is 40.5 Å². The Bertz CT molecular complexity index is 498. The average Bonchev–Trinajstić information content (AvgIpc) is 2.40. The topological polar surface area (TPSA) is 64.3 Å². The third kappa shape index (κ3) is 3.19. The molecule has 0 aliphatic heterocycles. The smallest absolute Gasteiger partial charge is 0.237 e. The highest BCUT2D eigenvalue weighted by atomic mass is 19.2. The normalized spacial score (nSPS) is 13.9. The number of hydrogen-bond acceptors (Lipinski definition) is 3. The summed E-state index contributed by atoms with van der Waals surface area (Å²) in [5.74, 6) is -8.25. The van der Waals surface area contributed by atoms with Gasteiger partial charge in [0.25, 0.3) is 0 Å². The molecule has 0 aliphatic rings. The minimum atomic E-state index is -1.63. The van der Waals surface area contributed by atoms with Crippen molar-refractivity contribution < 1.29 is 27.1 Å². The quantitative estimate of drug-likeness (QED) is 0.617. The Kier molecular flexibility index (Phi) is 4.93. The molecule has 8 heteroatoms. The molecule has 0 fully saturated rings. The molecule has 0 saturated heterocycles. The number of halogens is 4. The fourth-order valence-electron chi connectivity index (χ4n) is 1.41. The fourth-order valence-corrected chi connectivity index (χ4v) is 1.41. The van der Waals surface area contributed by atoms with Crippen molar-refractivity contribution in [2.45, 2.75) is 18.9 Å². The number of nitrogens with one attached hydrogen (secondary N) is 1. The molecule has 0 aromatic heterocycles. The zero-order valence-corrected chi connectivity index (χ0v) is 10.9. The molecule has 0 saturated carbocycles. The van der Waals surface area contributed by atoms with Crippen molar-refractivity contribution in [2.75, 3.05) is 13.7 Å². The van der Waals surface area contributed by atoms with E-state index in [9.17, 15) is 22.4 Å². The Balaban J connectivity index is 2.84. The van der Waals surface area contributed by atoms with Gasteiger partial charge in [0.05, 0.1) is 12.1 Å². The second-order valence-corrected chi connectivity index (χ2v) is 4.34. The highest BCUT2D eigenvalue weighted by molar-refractivity contribution is 5.84. The van der Waals surface area contributed by atoms with Gasteiger partial charge in [0.15, 0.2) is 17.4 Å². The molecule has 1 aromatic carbocycles. The van der Waals surface area contributed by atoms with Gasteiger partial charge in [-0.05, 0) is 14.0 Å². The number of carbonyl (C=O) groups excluding carboxylic acids is 1. The Labute approximate surface area is 112 Å². The molecule has 0 spiro atoms. The zero-order chi connectivity index (χ0) is 15.5. The van der Waals surface area contributed by atoms with E-state index >= 15 is 0 Å². The van der Waals surface area contributed by atoms with E-state index in [1.54, 1.807) is 0 Å². The number of nitrogens with two attached hydrogens (primary N) is 1. The summed E-state index contributed by atoms with van der Waals surface area (Å²) in [5.41, 5.74) is 3.98. The van der Waals surface area contributed by atoms with Gasteiger partial charge in [-0.1, -0.05) is 0 Å². The molecule has 1 unspecified atom stereocenters. The summed E-state index contributed by atoms with van der Waals surface area (Å²) < 4.78 is 57.1. The molecule has 1 amide bonds. The number of rotatable bonds is 6. The van der Waals surface area contributed by atoms with Gasteiger partial charge < -0.3 is 15.8 Å². The van der Waals surface area contributed by atoms with Crippen LogP contribution in [0.5, 0.6) is 5.75 Å². The number of amides is 1. The number of benzene rings is 1. The maximum atomic E-state index is 13.3. The third-order valence-electron chi connectivity index (χ3n) is 3.02. The van der Waals surface area contributed by atoms with Gasteiger partial charge in [0, 0.05) is 12.5 Å². The first kappa shape index (κ1) is 16.2. The molecule has 112 valence electrons. The van der Waals surface area contributed by atoms with Crippen molar-refractivity contribution >= 4 is 5.91 Å². The van der Waals surface area contributed by atoms with Crippen LogP contribution in [0.4, 0.5) is 17.6 Å². The van der Waals surface area contributed by atoms with E-state index in [0.29, 0.717) is 0 Å². The Morgan fingerprint density at radius 2 is 1.80 bits per heavy atom. The highest BCUT2D eigenvalue weighted by Gasteiger charge is 2.29. The molecule has 3 N–H and O–H groups in total. The van der Waals surface area contributed by atoms with Crippen LogP contribution < -0.4 is 15.8 Å². The van der Waals surface area contributed by atoms with Gasteiger partial charge in [-0.3, -0.25) is 4.79 Å². The lowest BCUT2D eigenvalue weighted by Crippen LogP contribution is -2.52. The molecule has 0 bridgehead atoms. The molecule has 0 heterocycles. The van der Waals surface area contributed by atoms with E-state index in [0.717, 1.165) is 0 Å². The first-order valence-electron chi connectivity index (χ1n) is 5.67. The minimum absolute atomic E-state index is 0.0458. The van der Waals surface area contributed by atoms with Crippen molar-refractivity contribution in [1.82, 2.24) is 5.32 Å². The summed E-state index contributed by atoms with van der Waals surface area (Å²) in [5, 5.41) is 2.63. The minimum Gasteiger partial charge on any atom is -0.487 e. The summed E-state index contributed by atoms with van der Waals surface area (Å²) in [6.45, 7) is 1.09. The standard InChI is InChI=1S/C12H14F4N2O2/c1-12(18-2,11(17)19)3-4-20-10-8(15)6(13)5-7(14)9(10)16/h5,18H,3-4H2,1-2H3,(H2,17,19). The summed E-state index contributed by atoms with van der Waals surface area (Å²) >= 11 is 0. The van der Waals surface area contributed by atoms with Gasteiger partial charge in [-0.2, -0.15) is 8.78 Å². The number of hydrogen-bond donors (Lipinski definition) is 2. The van der Waals surface area contributed by atoms with Gasteiger partial charge in [-0.25, -0.2) is 8.78 Å². The van der Waals surface area contributed by atoms with E-state index in [4.69, 9.17) is 10.5 Å². The van der Waals surface area contributed by atoms with Crippen LogP contribution in [0, 0.1) is 23.3 Å². The van der Waals surface area contributed by atoms with Crippen LogP contribution >= 0.6 is 0 Å².